The Bertz CT molecular complexity index is 317. The maximum atomic E-state index is 10.5. The number of aliphatic carboxylic acids is 1. The second-order valence-electron chi connectivity index (χ2n) is 3.32. The molecule has 1 rings (SSSR count). The van der Waals surface area contributed by atoms with E-state index < -0.39 is 5.97 Å². The molecule has 4 heteroatoms. The van der Waals surface area contributed by atoms with Gasteiger partial charge >= 0.3 is 5.97 Å². The lowest BCUT2D eigenvalue weighted by atomic mass is 10.2. The monoisotopic (exact) mass is 182 g/mol. The van der Waals surface area contributed by atoms with Crippen LogP contribution in [0.1, 0.15) is 30.8 Å². The molecule has 1 heterocycles. The van der Waals surface area contributed by atoms with Gasteiger partial charge in [0, 0.05) is 5.69 Å². The van der Waals surface area contributed by atoms with E-state index >= 15 is 0 Å². The average Bonchev–Trinajstić information content (AvgIpc) is 2.28. The van der Waals surface area contributed by atoms with Crippen LogP contribution < -0.4 is 0 Å². The first-order valence-electron chi connectivity index (χ1n) is 4.25. The normalized spacial score (nSPS) is 12.8. The smallest absolute Gasteiger partial charge is 0.305 e. The molecule has 0 aliphatic rings. The fraction of sp³-hybridized carbons (Fsp3) is 0.556. The van der Waals surface area contributed by atoms with Gasteiger partial charge in [-0.2, -0.15) is 5.10 Å². The van der Waals surface area contributed by atoms with Gasteiger partial charge < -0.3 is 5.11 Å². The van der Waals surface area contributed by atoms with Crippen LogP contribution >= 0.6 is 0 Å². The van der Waals surface area contributed by atoms with Crippen molar-refractivity contribution >= 4 is 5.97 Å². The predicted molar refractivity (Wildman–Crippen MR) is 48.7 cm³/mol. The molecule has 0 saturated heterocycles. The maximum Gasteiger partial charge on any atom is 0.305 e. The van der Waals surface area contributed by atoms with Gasteiger partial charge in [-0.15, -0.1) is 0 Å². The zero-order valence-electron chi connectivity index (χ0n) is 8.11. The molecule has 0 aliphatic heterocycles. The van der Waals surface area contributed by atoms with Crippen molar-refractivity contribution in [3.8, 4) is 0 Å². The SMILES string of the molecule is Cc1cc(C)n(C(C)CC(=O)O)n1. The average molecular weight is 182 g/mol. The van der Waals surface area contributed by atoms with Crippen LogP contribution in [0.5, 0.6) is 0 Å². The third kappa shape index (κ3) is 2.31. The summed E-state index contributed by atoms with van der Waals surface area (Å²) in [5.74, 6) is -0.792. The van der Waals surface area contributed by atoms with E-state index in [-0.39, 0.29) is 12.5 Å². The molecule has 0 radical (unpaired) electrons. The highest BCUT2D eigenvalue weighted by Gasteiger charge is 2.12. The van der Waals surface area contributed by atoms with E-state index in [1.54, 1.807) is 4.68 Å². The van der Waals surface area contributed by atoms with E-state index in [0.29, 0.717) is 0 Å². The predicted octanol–water partition coefficient (Wildman–Crippen LogP) is 1.54. The summed E-state index contributed by atoms with van der Waals surface area (Å²) in [5, 5.41) is 12.8. The third-order valence-corrected chi connectivity index (χ3v) is 1.93. The lowest BCUT2D eigenvalue weighted by Gasteiger charge is -2.11. The molecule has 0 aliphatic carbocycles. The highest BCUT2D eigenvalue weighted by atomic mass is 16.4. The molecule has 0 spiro atoms. The Morgan fingerprint density at radius 3 is 2.69 bits per heavy atom. The maximum absolute atomic E-state index is 10.5. The Morgan fingerprint density at radius 1 is 1.69 bits per heavy atom. The highest BCUT2D eigenvalue weighted by Crippen LogP contribution is 2.13. The minimum atomic E-state index is -0.792. The molecule has 72 valence electrons. The molecule has 0 fully saturated rings. The fourth-order valence-electron chi connectivity index (χ4n) is 1.43. The molecule has 0 aromatic carbocycles. The number of hydrogen-bond donors (Lipinski definition) is 1. The second kappa shape index (κ2) is 3.60. The van der Waals surface area contributed by atoms with Crippen LogP contribution in [0.25, 0.3) is 0 Å². The minimum absolute atomic E-state index is 0.0776. The largest absolute Gasteiger partial charge is 0.481 e. The van der Waals surface area contributed by atoms with Crippen LogP contribution in [0.15, 0.2) is 6.07 Å². The summed E-state index contributed by atoms with van der Waals surface area (Å²) in [5.41, 5.74) is 1.93. The van der Waals surface area contributed by atoms with Crippen molar-refractivity contribution in [2.45, 2.75) is 33.2 Å². The van der Waals surface area contributed by atoms with Crippen molar-refractivity contribution in [3.63, 3.8) is 0 Å². The second-order valence-corrected chi connectivity index (χ2v) is 3.32. The number of aromatic nitrogens is 2. The molecule has 13 heavy (non-hydrogen) atoms. The van der Waals surface area contributed by atoms with Crippen molar-refractivity contribution in [3.05, 3.63) is 17.5 Å². The summed E-state index contributed by atoms with van der Waals surface area (Å²) in [7, 11) is 0. The minimum Gasteiger partial charge on any atom is -0.481 e. The van der Waals surface area contributed by atoms with E-state index in [4.69, 9.17) is 5.11 Å². The molecule has 1 unspecified atom stereocenters. The Balaban J connectivity index is 2.81. The van der Waals surface area contributed by atoms with Gasteiger partial charge in [0.2, 0.25) is 0 Å². The van der Waals surface area contributed by atoms with Crippen LogP contribution in [0.2, 0.25) is 0 Å². The molecule has 0 amide bonds. The third-order valence-electron chi connectivity index (χ3n) is 1.93. The molecular weight excluding hydrogens is 168 g/mol. The Kier molecular flexibility index (Phi) is 2.70. The van der Waals surface area contributed by atoms with Gasteiger partial charge in [0.05, 0.1) is 18.2 Å². The zero-order chi connectivity index (χ0) is 10.0. The summed E-state index contributed by atoms with van der Waals surface area (Å²) in [6.45, 7) is 5.68. The standard InChI is InChI=1S/C9H14N2O2/c1-6-4-7(2)11(10-6)8(3)5-9(12)13/h4,8H,5H2,1-3H3,(H,12,13). The van der Waals surface area contributed by atoms with Crippen LogP contribution in [0.3, 0.4) is 0 Å². The van der Waals surface area contributed by atoms with E-state index in [9.17, 15) is 4.79 Å². The lowest BCUT2D eigenvalue weighted by Crippen LogP contribution is -2.13. The van der Waals surface area contributed by atoms with E-state index in [1.165, 1.54) is 0 Å². The van der Waals surface area contributed by atoms with Crippen molar-refractivity contribution in [2.24, 2.45) is 0 Å². The van der Waals surface area contributed by atoms with E-state index in [1.807, 2.05) is 26.8 Å². The summed E-state index contributed by atoms with van der Waals surface area (Å²) >= 11 is 0. The Hall–Kier alpha value is -1.32. The summed E-state index contributed by atoms with van der Waals surface area (Å²) < 4.78 is 1.75. The topological polar surface area (TPSA) is 55.1 Å². The van der Waals surface area contributed by atoms with E-state index in [2.05, 4.69) is 5.10 Å². The summed E-state index contributed by atoms with van der Waals surface area (Å²) in [4.78, 5) is 10.5. The first-order chi connectivity index (χ1) is 6.00. The van der Waals surface area contributed by atoms with Gasteiger partial charge in [0.1, 0.15) is 0 Å². The van der Waals surface area contributed by atoms with Crippen molar-refractivity contribution in [2.75, 3.05) is 0 Å². The number of aryl methyl sites for hydroxylation is 2. The first kappa shape index (κ1) is 9.77. The van der Waals surface area contributed by atoms with Gasteiger partial charge in [0.25, 0.3) is 0 Å². The van der Waals surface area contributed by atoms with Gasteiger partial charge in [-0.1, -0.05) is 0 Å². The van der Waals surface area contributed by atoms with Gasteiger partial charge in [-0.25, -0.2) is 0 Å². The molecule has 4 nitrogen and oxygen atoms in total. The number of hydrogen-bond acceptors (Lipinski definition) is 2. The van der Waals surface area contributed by atoms with Gasteiger partial charge in [-0.05, 0) is 26.8 Å². The van der Waals surface area contributed by atoms with E-state index in [0.717, 1.165) is 11.4 Å². The number of carbonyl (C=O) groups is 1. The molecule has 1 aromatic rings. The van der Waals surface area contributed by atoms with Crippen molar-refractivity contribution in [1.82, 2.24) is 9.78 Å². The van der Waals surface area contributed by atoms with Crippen LogP contribution in [-0.2, 0) is 4.79 Å². The Labute approximate surface area is 77.2 Å². The molecule has 0 bridgehead atoms. The van der Waals surface area contributed by atoms with Crippen molar-refractivity contribution in [1.29, 1.82) is 0 Å². The molecule has 1 N–H and O–H groups in total. The highest BCUT2D eigenvalue weighted by molar-refractivity contribution is 5.67. The lowest BCUT2D eigenvalue weighted by molar-refractivity contribution is -0.137. The number of carboxylic acids is 1. The molecule has 1 atom stereocenters. The number of nitrogens with zero attached hydrogens (tertiary/aromatic N) is 2. The summed E-state index contributed by atoms with van der Waals surface area (Å²) in [6.07, 6.45) is 0.113. The van der Waals surface area contributed by atoms with Crippen molar-refractivity contribution < 1.29 is 9.90 Å². The Morgan fingerprint density at radius 2 is 2.31 bits per heavy atom. The molecule has 1 aromatic heterocycles. The van der Waals surface area contributed by atoms with Gasteiger partial charge in [0.15, 0.2) is 0 Å². The van der Waals surface area contributed by atoms with Crippen LogP contribution in [0, 0.1) is 13.8 Å². The quantitative estimate of drug-likeness (QED) is 0.771. The first-order valence-corrected chi connectivity index (χ1v) is 4.25. The van der Waals surface area contributed by atoms with Gasteiger partial charge in [-0.3, -0.25) is 9.48 Å². The number of rotatable bonds is 3. The van der Waals surface area contributed by atoms with Crippen LogP contribution in [-0.4, -0.2) is 20.9 Å². The zero-order valence-corrected chi connectivity index (χ0v) is 8.11. The number of carboxylic acid groups (broad SMARTS) is 1. The molecule has 0 saturated carbocycles. The molecular formula is C9H14N2O2. The summed E-state index contributed by atoms with van der Waals surface area (Å²) in [6, 6.07) is 1.87. The van der Waals surface area contributed by atoms with Crippen LogP contribution in [0.4, 0.5) is 0 Å². The fourth-order valence-corrected chi connectivity index (χ4v) is 1.43.